The van der Waals surface area contributed by atoms with Crippen LogP contribution in [0.25, 0.3) is 0 Å². The van der Waals surface area contributed by atoms with Gasteiger partial charge in [0.05, 0.1) is 11.4 Å². The van der Waals surface area contributed by atoms with Gasteiger partial charge in [-0.1, -0.05) is 24.3 Å². The number of rotatable bonds is 5. The number of aryl methyl sites for hydroxylation is 3. The molecule has 4 aromatic rings. The summed E-state index contributed by atoms with van der Waals surface area (Å²) in [6.07, 6.45) is 0. The molecule has 0 fully saturated rings. The van der Waals surface area contributed by atoms with Gasteiger partial charge in [0, 0.05) is 22.9 Å². The summed E-state index contributed by atoms with van der Waals surface area (Å²) in [5.74, 6) is 1.51. The van der Waals surface area contributed by atoms with E-state index in [9.17, 15) is 15.3 Å². The molecule has 4 aromatic carbocycles. The molecule has 0 amide bonds. The highest BCUT2D eigenvalue weighted by molar-refractivity contribution is 5.83. The Kier molecular flexibility index (Phi) is 6.35. The first-order valence-electron chi connectivity index (χ1n) is 11.6. The molecule has 0 saturated heterocycles. The lowest BCUT2D eigenvalue weighted by Crippen LogP contribution is -2.13. The number of nitrogens with zero attached hydrogens (tertiary/aromatic N) is 1. The van der Waals surface area contributed by atoms with E-state index in [0.717, 1.165) is 50.4 Å². The van der Waals surface area contributed by atoms with Crippen LogP contribution in [0.4, 0.5) is 17.1 Å². The van der Waals surface area contributed by atoms with Gasteiger partial charge in [0.1, 0.15) is 17.2 Å². The molecule has 4 rings (SSSR count). The Morgan fingerprint density at radius 1 is 0.600 bits per heavy atom. The molecule has 0 unspecified atom stereocenters. The van der Waals surface area contributed by atoms with Gasteiger partial charge in [-0.3, -0.25) is 0 Å². The van der Waals surface area contributed by atoms with Gasteiger partial charge < -0.3 is 25.0 Å². The highest BCUT2D eigenvalue weighted by Gasteiger charge is 2.21. The van der Waals surface area contributed by atoms with E-state index in [1.54, 1.807) is 6.07 Å². The summed E-state index contributed by atoms with van der Waals surface area (Å²) in [7, 11) is 0. The summed E-state index contributed by atoms with van der Waals surface area (Å²) < 4.78 is 6.15. The number of ether oxygens (including phenoxy) is 1. The zero-order valence-corrected chi connectivity index (χ0v) is 21.0. The average Bonchev–Trinajstić information content (AvgIpc) is 2.84. The molecule has 180 valence electrons. The van der Waals surface area contributed by atoms with E-state index in [4.69, 9.17) is 4.74 Å². The van der Waals surface area contributed by atoms with Crippen molar-refractivity contribution in [1.29, 1.82) is 0 Å². The third-order valence-electron chi connectivity index (χ3n) is 6.64. The van der Waals surface area contributed by atoms with Crippen molar-refractivity contribution < 1.29 is 20.1 Å². The predicted octanol–water partition coefficient (Wildman–Crippen LogP) is 7.92. The molecule has 0 aliphatic rings. The lowest BCUT2D eigenvalue weighted by Gasteiger charge is -2.30. The SMILES string of the molecule is Cc1ccc(O)c(Oc2cccc(N(c3ccc(C)c(O)c3C)c3ccc(C)c(O)c3C)c2)c1C. The Morgan fingerprint density at radius 2 is 1.14 bits per heavy atom. The number of benzene rings is 4. The van der Waals surface area contributed by atoms with E-state index in [2.05, 4.69) is 0 Å². The van der Waals surface area contributed by atoms with Crippen molar-refractivity contribution in [2.24, 2.45) is 0 Å². The number of anilines is 3. The van der Waals surface area contributed by atoms with Gasteiger partial charge in [-0.25, -0.2) is 0 Å². The van der Waals surface area contributed by atoms with Crippen LogP contribution < -0.4 is 9.64 Å². The summed E-state index contributed by atoms with van der Waals surface area (Å²) in [5, 5.41) is 31.8. The molecule has 5 heteroatoms. The quantitative estimate of drug-likeness (QED) is 0.277. The maximum atomic E-state index is 10.7. The van der Waals surface area contributed by atoms with Crippen LogP contribution in [0, 0.1) is 41.5 Å². The van der Waals surface area contributed by atoms with Crippen LogP contribution in [-0.2, 0) is 0 Å². The second-order valence-corrected chi connectivity index (χ2v) is 9.04. The third kappa shape index (κ3) is 4.37. The summed E-state index contributed by atoms with van der Waals surface area (Å²) in [6.45, 7) is 11.4. The lowest BCUT2D eigenvalue weighted by atomic mass is 10.0. The predicted molar refractivity (Wildman–Crippen MR) is 141 cm³/mol. The smallest absolute Gasteiger partial charge is 0.172 e. The van der Waals surface area contributed by atoms with Crippen LogP contribution in [0.2, 0.25) is 0 Å². The normalized spacial score (nSPS) is 10.9. The first-order chi connectivity index (χ1) is 16.6. The van der Waals surface area contributed by atoms with E-state index in [1.807, 2.05) is 101 Å². The standard InChI is InChI=1S/C30H31NO4/c1-17-12-15-27(32)30(20(17)4)35-24-9-7-8-23(16-24)31(25-13-10-18(2)28(33)21(25)5)26-14-11-19(3)29(34)22(26)6/h7-16,32-34H,1-6H3. The van der Waals surface area contributed by atoms with Gasteiger partial charge in [-0.2, -0.15) is 0 Å². The van der Waals surface area contributed by atoms with Crippen molar-refractivity contribution in [3.8, 4) is 28.7 Å². The Balaban J connectivity index is 1.90. The summed E-state index contributed by atoms with van der Waals surface area (Å²) in [5.41, 5.74) is 7.26. The minimum atomic E-state index is 0.0777. The molecular formula is C30H31NO4. The molecule has 0 aliphatic heterocycles. The molecule has 5 nitrogen and oxygen atoms in total. The zero-order valence-electron chi connectivity index (χ0n) is 21.0. The maximum Gasteiger partial charge on any atom is 0.172 e. The van der Waals surface area contributed by atoms with Crippen molar-refractivity contribution in [3.05, 3.63) is 94.0 Å². The molecule has 35 heavy (non-hydrogen) atoms. The topological polar surface area (TPSA) is 73.2 Å². The van der Waals surface area contributed by atoms with Crippen LogP contribution in [-0.4, -0.2) is 15.3 Å². The molecule has 0 radical (unpaired) electrons. The Morgan fingerprint density at radius 3 is 1.71 bits per heavy atom. The molecule has 0 heterocycles. The van der Waals surface area contributed by atoms with Crippen LogP contribution in [0.1, 0.15) is 33.4 Å². The maximum absolute atomic E-state index is 10.7. The number of hydrogen-bond acceptors (Lipinski definition) is 5. The Bertz CT molecular complexity index is 1370. The molecule has 0 atom stereocenters. The first-order valence-corrected chi connectivity index (χ1v) is 11.6. The Labute approximate surface area is 206 Å². The van der Waals surface area contributed by atoms with E-state index in [0.29, 0.717) is 11.5 Å². The van der Waals surface area contributed by atoms with E-state index in [-0.39, 0.29) is 17.2 Å². The van der Waals surface area contributed by atoms with Gasteiger partial charge in [0.25, 0.3) is 0 Å². The van der Waals surface area contributed by atoms with Crippen LogP contribution in [0.5, 0.6) is 28.7 Å². The van der Waals surface area contributed by atoms with Crippen molar-refractivity contribution in [2.75, 3.05) is 4.90 Å². The van der Waals surface area contributed by atoms with E-state index < -0.39 is 0 Å². The first kappa shape index (κ1) is 24.0. The van der Waals surface area contributed by atoms with Crippen LogP contribution in [0.3, 0.4) is 0 Å². The van der Waals surface area contributed by atoms with Crippen LogP contribution in [0.15, 0.2) is 60.7 Å². The largest absolute Gasteiger partial charge is 0.507 e. The molecule has 0 aromatic heterocycles. The van der Waals surface area contributed by atoms with Gasteiger partial charge in [-0.15, -0.1) is 0 Å². The van der Waals surface area contributed by atoms with Gasteiger partial charge >= 0.3 is 0 Å². The van der Waals surface area contributed by atoms with Crippen molar-refractivity contribution >= 4 is 17.1 Å². The third-order valence-corrected chi connectivity index (χ3v) is 6.64. The fourth-order valence-electron chi connectivity index (χ4n) is 4.25. The van der Waals surface area contributed by atoms with Crippen molar-refractivity contribution in [3.63, 3.8) is 0 Å². The van der Waals surface area contributed by atoms with Gasteiger partial charge in [-0.05, 0) is 94.1 Å². The summed E-state index contributed by atoms with van der Waals surface area (Å²) >= 11 is 0. The van der Waals surface area contributed by atoms with Crippen LogP contribution >= 0.6 is 0 Å². The fourth-order valence-corrected chi connectivity index (χ4v) is 4.25. The minimum Gasteiger partial charge on any atom is -0.507 e. The van der Waals surface area contributed by atoms with Gasteiger partial charge in [0.2, 0.25) is 0 Å². The fraction of sp³-hybridized carbons (Fsp3) is 0.200. The molecule has 0 saturated carbocycles. The minimum absolute atomic E-state index is 0.0777. The highest BCUT2D eigenvalue weighted by atomic mass is 16.5. The monoisotopic (exact) mass is 469 g/mol. The second-order valence-electron chi connectivity index (χ2n) is 9.04. The van der Waals surface area contributed by atoms with Crippen molar-refractivity contribution in [1.82, 2.24) is 0 Å². The number of hydrogen-bond donors (Lipinski definition) is 3. The summed E-state index contributed by atoms with van der Waals surface area (Å²) in [4.78, 5) is 2.00. The summed E-state index contributed by atoms with van der Waals surface area (Å²) in [6, 6.07) is 18.7. The average molecular weight is 470 g/mol. The van der Waals surface area contributed by atoms with Crippen molar-refractivity contribution in [2.45, 2.75) is 41.5 Å². The molecular weight excluding hydrogens is 438 g/mol. The Hall–Kier alpha value is -4.12. The van der Waals surface area contributed by atoms with Gasteiger partial charge in [0.15, 0.2) is 11.5 Å². The highest BCUT2D eigenvalue weighted by Crippen LogP contribution is 2.45. The number of phenols is 3. The molecule has 0 bridgehead atoms. The van der Waals surface area contributed by atoms with E-state index >= 15 is 0 Å². The zero-order chi connectivity index (χ0) is 25.4. The molecule has 0 aliphatic carbocycles. The molecule has 0 spiro atoms. The number of phenolic OH excluding ortho intramolecular Hbond substituents is 3. The number of aromatic hydroxyl groups is 3. The van der Waals surface area contributed by atoms with E-state index in [1.165, 1.54) is 0 Å². The molecule has 3 N–H and O–H groups in total. The lowest BCUT2D eigenvalue weighted by molar-refractivity contribution is 0.408. The second kappa shape index (κ2) is 9.26.